The maximum atomic E-state index is 3.19. The summed E-state index contributed by atoms with van der Waals surface area (Å²) in [4.78, 5) is 1.13. The van der Waals surface area contributed by atoms with Crippen molar-refractivity contribution in [3.8, 4) is 11.8 Å². The fourth-order valence-corrected chi connectivity index (χ4v) is 2.67. The fraction of sp³-hybridized carbons (Fsp3) is 0.143. The first-order valence-electron chi connectivity index (χ1n) is 5.00. The molecule has 0 radical (unpaired) electrons. The number of hydrogen-bond acceptors (Lipinski definition) is 2. The largest absolute Gasteiger partial charge is 0.120 e. The summed E-state index contributed by atoms with van der Waals surface area (Å²) in [5, 5.41) is 0. The van der Waals surface area contributed by atoms with Crippen LogP contribution in [0.2, 0.25) is 0 Å². The molecule has 0 unspecified atom stereocenters. The second-order valence-corrected chi connectivity index (χ2v) is 5.63. The molecule has 0 fully saturated rings. The Morgan fingerprint density at radius 1 is 1.00 bits per heavy atom. The predicted molar refractivity (Wildman–Crippen MR) is 73.3 cm³/mol. The second kappa shape index (κ2) is 5.25. The molecule has 80 valence electrons. The van der Waals surface area contributed by atoms with Crippen LogP contribution in [-0.2, 0) is 0 Å². The van der Waals surface area contributed by atoms with E-state index in [0.29, 0.717) is 0 Å². The molecule has 0 saturated heterocycles. The van der Waals surface area contributed by atoms with Gasteiger partial charge in [0, 0.05) is 5.56 Å². The van der Waals surface area contributed by atoms with E-state index in [0.717, 1.165) is 10.4 Å². The van der Waals surface area contributed by atoms with Crippen LogP contribution in [-0.4, -0.2) is 6.26 Å². The van der Waals surface area contributed by atoms with Gasteiger partial charge in [0.1, 0.15) is 0 Å². The minimum Gasteiger partial charge on any atom is -0.120 e. The van der Waals surface area contributed by atoms with Crippen molar-refractivity contribution in [1.82, 2.24) is 0 Å². The molecule has 2 rings (SSSR count). The van der Waals surface area contributed by atoms with E-state index in [1.807, 2.05) is 0 Å². The monoisotopic (exact) mass is 244 g/mol. The Morgan fingerprint density at radius 3 is 2.38 bits per heavy atom. The highest BCUT2D eigenvalue weighted by molar-refractivity contribution is 8.00. The van der Waals surface area contributed by atoms with Crippen LogP contribution in [0.5, 0.6) is 0 Å². The molecule has 0 spiro atoms. The zero-order chi connectivity index (χ0) is 11.4. The first-order valence-corrected chi connectivity index (χ1v) is 7.04. The molecular weight excluding hydrogens is 232 g/mol. The third-order valence-corrected chi connectivity index (χ3v) is 4.25. The van der Waals surface area contributed by atoms with E-state index in [9.17, 15) is 0 Å². The zero-order valence-corrected chi connectivity index (χ0v) is 10.9. The standard InChI is InChI=1S/C14H12S2/c1-11-3-5-12(6-4-11)7-8-13-9-10-14(15-2)16-13/h3-6,9-10H,1-2H3. The number of hydrogen-bond donors (Lipinski definition) is 0. The van der Waals surface area contributed by atoms with Gasteiger partial charge in [0.25, 0.3) is 0 Å². The molecule has 0 nitrogen and oxygen atoms in total. The predicted octanol–water partition coefficient (Wildman–Crippen LogP) is 4.18. The highest BCUT2D eigenvalue weighted by Gasteiger charge is 1.94. The lowest BCUT2D eigenvalue weighted by Gasteiger charge is -1.90. The molecule has 0 atom stereocenters. The Labute approximate surface area is 105 Å². The summed E-state index contributed by atoms with van der Waals surface area (Å²) in [7, 11) is 0. The summed E-state index contributed by atoms with van der Waals surface area (Å²) in [6.07, 6.45) is 2.09. The lowest BCUT2D eigenvalue weighted by atomic mass is 10.1. The Kier molecular flexibility index (Phi) is 3.71. The van der Waals surface area contributed by atoms with Crippen molar-refractivity contribution in [1.29, 1.82) is 0 Å². The van der Waals surface area contributed by atoms with Crippen molar-refractivity contribution < 1.29 is 0 Å². The van der Waals surface area contributed by atoms with Crippen molar-refractivity contribution >= 4 is 23.1 Å². The highest BCUT2D eigenvalue weighted by Crippen LogP contribution is 2.24. The average Bonchev–Trinajstić information content (AvgIpc) is 2.76. The molecule has 0 amide bonds. The van der Waals surface area contributed by atoms with Crippen LogP contribution in [0.1, 0.15) is 16.0 Å². The van der Waals surface area contributed by atoms with Crippen LogP contribution < -0.4 is 0 Å². The van der Waals surface area contributed by atoms with Crippen molar-refractivity contribution in [3.05, 3.63) is 52.4 Å². The first kappa shape index (κ1) is 11.3. The molecule has 16 heavy (non-hydrogen) atoms. The van der Waals surface area contributed by atoms with Crippen molar-refractivity contribution in [2.75, 3.05) is 6.26 Å². The Morgan fingerprint density at radius 2 is 1.75 bits per heavy atom. The van der Waals surface area contributed by atoms with E-state index in [1.165, 1.54) is 9.77 Å². The molecule has 0 aliphatic carbocycles. The van der Waals surface area contributed by atoms with Gasteiger partial charge in [0.15, 0.2) is 0 Å². The van der Waals surface area contributed by atoms with Crippen LogP contribution in [0.15, 0.2) is 40.6 Å². The van der Waals surface area contributed by atoms with Crippen molar-refractivity contribution in [2.24, 2.45) is 0 Å². The Bertz CT molecular complexity index is 524. The summed E-state index contributed by atoms with van der Waals surface area (Å²) in [5.41, 5.74) is 2.34. The summed E-state index contributed by atoms with van der Waals surface area (Å²) in [6, 6.07) is 12.5. The quantitative estimate of drug-likeness (QED) is 0.536. The molecule has 0 aliphatic heterocycles. The molecule has 2 aromatic rings. The minimum atomic E-state index is 1.07. The Balaban J connectivity index is 2.18. The molecule has 1 heterocycles. The van der Waals surface area contributed by atoms with E-state index in [-0.39, 0.29) is 0 Å². The van der Waals surface area contributed by atoms with Gasteiger partial charge in [-0.15, -0.1) is 23.1 Å². The number of benzene rings is 1. The first-order chi connectivity index (χ1) is 7.78. The smallest absolute Gasteiger partial charge is 0.0784 e. The average molecular weight is 244 g/mol. The third-order valence-electron chi connectivity index (χ3n) is 2.16. The molecule has 1 aromatic heterocycles. The van der Waals surface area contributed by atoms with Gasteiger partial charge in [-0.3, -0.25) is 0 Å². The summed E-state index contributed by atoms with van der Waals surface area (Å²) < 4.78 is 1.31. The van der Waals surface area contributed by atoms with E-state index in [2.05, 4.69) is 61.4 Å². The van der Waals surface area contributed by atoms with Gasteiger partial charge < -0.3 is 0 Å². The lowest BCUT2D eigenvalue weighted by molar-refractivity contribution is 1.46. The van der Waals surface area contributed by atoms with E-state index in [4.69, 9.17) is 0 Å². The van der Waals surface area contributed by atoms with E-state index < -0.39 is 0 Å². The minimum absolute atomic E-state index is 1.07. The van der Waals surface area contributed by atoms with Crippen LogP contribution >= 0.6 is 23.1 Å². The van der Waals surface area contributed by atoms with Crippen LogP contribution in [0.4, 0.5) is 0 Å². The number of aryl methyl sites for hydroxylation is 1. The number of thioether (sulfide) groups is 1. The van der Waals surface area contributed by atoms with Crippen molar-refractivity contribution in [2.45, 2.75) is 11.1 Å². The fourth-order valence-electron chi connectivity index (χ4n) is 1.27. The maximum absolute atomic E-state index is 3.19. The van der Waals surface area contributed by atoms with Gasteiger partial charge in [-0.25, -0.2) is 0 Å². The van der Waals surface area contributed by atoms with Gasteiger partial charge in [-0.2, -0.15) is 0 Å². The maximum Gasteiger partial charge on any atom is 0.0784 e. The number of thiophene rings is 1. The molecule has 0 aliphatic rings. The zero-order valence-electron chi connectivity index (χ0n) is 9.28. The van der Waals surface area contributed by atoms with Gasteiger partial charge in [0.2, 0.25) is 0 Å². The molecule has 0 bridgehead atoms. The molecule has 1 aromatic carbocycles. The molecule has 2 heteroatoms. The van der Waals surface area contributed by atoms with Crippen LogP contribution in [0.25, 0.3) is 0 Å². The lowest BCUT2D eigenvalue weighted by Crippen LogP contribution is -1.74. The summed E-state index contributed by atoms with van der Waals surface area (Å²) in [6.45, 7) is 2.08. The van der Waals surface area contributed by atoms with Gasteiger partial charge in [-0.05, 0) is 37.4 Å². The van der Waals surface area contributed by atoms with E-state index >= 15 is 0 Å². The molecule has 0 saturated carbocycles. The Hall–Kier alpha value is -1.17. The summed E-state index contributed by atoms with van der Waals surface area (Å²) in [5.74, 6) is 6.37. The van der Waals surface area contributed by atoms with Crippen molar-refractivity contribution in [3.63, 3.8) is 0 Å². The summed E-state index contributed by atoms with van der Waals surface area (Å²) >= 11 is 3.51. The SMILES string of the molecule is CSc1ccc(C#Cc2ccc(C)cc2)s1. The van der Waals surface area contributed by atoms with Crippen LogP contribution in [0, 0.1) is 18.8 Å². The van der Waals surface area contributed by atoms with Gasteiger partial charge in [0.05, 0.1) is 9.09 Å². The third kappa shape index (κ3) is 2.91. The topological polar surface area (TPSA) is 0 Å². The van der Waals surface area contributed by atoms with Crippen LogP contribution in [0.3, 0.4) is 0 Å². The molecular formula is C14H12S2. The van der Waals surface area contributed by atoms with E-state index in [1.54, 1.807) is 23.1 Å². The molecule has 0 N–H and O–H groups in total. The number of rotatable bonds is 1. The normalized spacial score (nSPS) is 9.62. The van der Waals surface area contributed by atoms with Gasteiger partial charge in [-0.1, -0.05) is 29.5 Å². The highest BCUT2D eigenvalue weighted by atomic mass is 32.2. The second-order valence-electron chi connectivity index (χ2n) is 3.44. The van der Waals surface area contributed by atoms with Gasteiger partial charge >= 0.3 is 0 Å².